The molecule has 0 aromatic heterocycles. The molecule has 2 rings (SSSR count). The van der Waals surface area contributed by atoms with Crippen molar-refractivity contribution in [2.24, 2.45) is 0 Å². The molecule has 0 atom stereocenters. The molecular weight excluding hydrogens is 330 g/mol. The number of rotatable bonds is 3. The molecule has 0 spiro atoms. The van der Waals surface area contributed by atoms with Crippen LogP contribution in [0.4, 0.5) is 10.1 Å². The number of halogens is 3. The number of hydrogen-bond donors (Lipinski definition) is 2. The predicted octanol–water partition coefficient (Wildman–Crippen LogP) is 4.93. The Morgan fingerprint density at radius 3 is 2.67 bits per heavy atom. The van der Waals surface area contributed by atoms with Crippen LogP contribution in [0, 0.1) is 12.7 Å². The molecule has 0 aliphatic rings. The largest absolute Gasteiger partial charge is 0.358 e. The molecule has 0 heterocycles. The molecule has 0 aliphatic carbocycles. The summed E-state index contributed by atoms with van der Waals surface area (Å²) in [5, 5.41) is 7.34. The van der Waals surface area contributed by atoms with Crippen LogP contribution in [0.25, 0.3) is 0 Å². The fraction of sp³-hybridized carbons (Fsp3) is 0.133. The lowest BCUT2D eigenvalue weighted by Crippen LogP contribution is -2.28. The van der Waals surface area contributed by atoms with Crippen molar-refractivity contribution >= 4 is 46.2 Å². The maximum Gasteiger partial charge on any atom is 0.171 e. The van der Waals surface area contributed by atoms with Crippen LogP contribution < -0.4 is 10.6 Å². The van der Waals surface area contributed by atoms with E-state index in [-0.39, 0.29) is 5.02 Å². The first-order valence-corrected chi connectivity index (χ1v) is 7.37. The summed E-state index contributed by atoms with van der Waals surface area (Å²) in [6, 6.07) is 10.1. The smallest absolute Gasteiger partial charge is 0.171 e. The molecule has 2 nitrogen and oxygen atoms in total. The molecule has 0 aliphatic heterocycles. The zero-order chi connectivity index (χ0) is 15.4. The van der Waals surface area contributed by atoms with Crippen LogP contribution in [0.2, 0.25) is 10.0 Å². The molecule has 2 aromatic carbocycles. The third-order valence-corrected chi connectivity index (χ3v) is 3.90. The van der Waals surface area contributed by atoms with Gasteiger partial charge in [0.05, 0.1) is 5.02 Å². The number of nitrogens with one attached hydrogen (secondary N) is 2. The van der Waals surface area contributed by atoms with Gasteiger partial charge in [0, 0.05) is 17.3 Å². The van der Waals surface area contributed by atoms with Gasteiger partial charge in [0.1, 0.15) is 5.82 Å². The van der Waals surface area contributed by atoms with E-state index in [2.05, 4.69) is 10.6 Å². The lowest BCUT2D eigenvalue weighted by atomic mass is 10.2. The average molecular weight is 343 g/mol. The van der Waals surface area contributed by atoms with E-state index in [0.29, 0.717) is 16.7 Å². The molecule has 2 aromatic rings. The highest BCUT2D eigenvalue weighted by Gasteiger charge is 2.05. The van der Waals surface area contributed by atoms with E-state index in [9.17, 15) is 4.39 Å². The van der Waals surface area contributed by atoms with Crippen molar-refractivity contribution in [3.8, 4) is 0 Å². The second-order valence-electron chi connectivity index (χ2n) is 4.47. The molecule has 0 fully saturated rings. The summed E-state index contributed by atoms with van der Waals surface area (Å²) >= 11 is 17.0. The fourth-order valence-corrected chi connectivity index (χ4v) is 2.30. The highest BCUT2D eigenvalue weighted by molar-refractivity contribution is 7.80. The maximum absolute atomic E-state index is 13.1. The Hall–Kier alpha value is -1.36. The third-order valence-electron chi connectivity index (χ3n) is 2.95. The minimum atomic E-state index is -0.435. The Labute approximate surface area is 138 Å². The van der Waals surface area contributed by atoms with E-state index >= 15 is 0 Å². The molecular formula is C15H13Cl2FN2S. The molecule has 21 heavy (non-hydrogen) atoms. The number of thiocarbonyl (C=S) groups is 1. The van der Waals surface area contributed by atoms with Crippen molar-refractivity contribution < 1.29 is 4.39 Å². The lowest BCUT2D eigenvalue weighted by Gasteiger charge is -2.13. The van der Waals surface area contributed by atoms with Gasteiger partial charge in [-0.1, -0.05) is 35.3 Å². The van der Waals surface area contributed by atoms with Crippen LogP contribution in [0.1, 0.15) is 11.1 Å². The lowest BCUT2D eigenvalue weighted by molar-refractivity contribution is 0.627. The Balaban J connectivity index is 1.96. The van der Waals surface area contributed by atoms with Gasteiger partial charge in [-0.25, -0.2) is 4.39 Å². The van der Waals surface area contributed by atoms with Gasteiger partial charge in [0.2, 0.25) is 0 Å². The number of hydrogen-bond acceptors (Lipinski definition) is 1. The van der Waals surface area contributed by atoms with Crippen LogP contribution in [0.5, 0.6) is 0 Å². The quantitative estimate of drug-likeness (QED) is 0.773. The van der Waals surface area contributed by atoms with Crippen molar-refractivity contribution in [3.63, 3.8) is 0 Å². The van der Waals surface area contributed by atoms with Crippen molar-refractivity contribution in [1.82, 2.24) is 5.32 Å². The van der Waals surface area contributed by atoms with Gasteiger partial charge in [-0.2, -0.15) is 0 Å². The molecule has 0 bridgehead atoms. The summed E-state index contributed by atoms with van der Waals surface area (Å²) in [4.78, 5) is 0. The van der Waals surface area contributed by atoms with Crippen LogP contribution in [0.3, 0.4) is 0 Å². The minimum Gasteiger partial charge on any atom is -0.358 e. The molecule has 0 amide bonds. The highest BCUT2D eigenvalue weighted by atomic mass is 35.5. The van der Waals surface area contributed by atoms with E-state index in [1.54, 1.807) is 12.1 Å². The van der Waals surface area contributed by atoms with E-state index in [0.717, 1.165) is 16.8 Å². The summed E-state index contributed by atoms with van der Waals surface area (Å²) < 4.78 is 13.1. The molecule has 0 saturated heterocycles. The van der Waals surface area contributed by atoms with Crippen molar-refractivity contribution in [2.45, 2.75) is 13.5 Å². The zero-order valence-electron chi connectivity index (χ0n) is 11.2. The van der Waals surface area contributed by atoms with Gasteiger partial charge in [-0.05, 0) is 54.5 Å². The van der Waals surface area contributed by atoms with Crippen LogP contribution in [0.15, 0.2) is 36.4 Å². The topological polar surface area (TPSA) is 24.1 Å². The van der Waals surface area contributed by atoms with Gasteiger partial charge in [0.25, 0.3) is 0 Å². The molecule has 6 heteroatoms. The van der Waals surface area contributed by atoms with Crippen LogP contribution in [-0.2, 0) is 6.54 Å². The van der Waals surface area contributed by atoms with E-state index in [4.69, 9.17) is 35.4 Å². The van der Waals surface area contributed by atoms with Crippen LogP contribution >= 0.6 is 35.4 Å². The number of anilines is 1. The van der Waals surface area contributed by atoms with Crippen molar-refractivity contribution in [1.29, 1.82) is 0 Å². The molecule has 0 radical (unpaired) electrons. The Bertz CT molecular complexity index is 677. The SMILES string of the molecule is Cc1c(Cl)cccc1NC(=S)NCc1ccc(F)c(Cl)c1. The molecule has 0 unspecified atom stereocenters. The van der Waals surface area contributed by atoms with E-state index in [1.165, 1.54) is 6.07 Å². The van der Waals surface area contributed by atoms with E-state index < -0.39 is 5.82 Å². The summed E-state index contributed by atoms with van der Waals surface area (Å²) in [5.74, 6) is -0.435. The van der Waals surface area contributed by atoms with Gasteiger partial charge in [-0.15, -0.1) is 0 Å². The third kappa shape index (κ3) is 4.30. The molecule has 0 saturated carbocycles. The second kappa shape index (κ2) is 7.07. The average Bonchev–Trinajstić information content (AvgIpc) is 2.45. The maximum atomic E-state index is 13.1. The first-order chi connectivity index (χ1) is 9.97. The second-order valence-corrected chi connectivity index (χ2v) is 5.69. The monoisotopic (exact) mass is 342 g/mol. The Kier molecular flexibility index (Phi) is 5.39. The first kappa shape index (κ1) is 16.0. The first-order valence-electron chi connectivity index (χ1n) is 6.21. The standard InChI is InChI=1S/C15H13Cl2FN2S/c1-9-11(16)3-2-4-14(9)20-15(21)19-8-10-5-6-13(18)12(17)7-10/h2-7H,8H2,1H3,(H2,19,20,21). The van der Waals surface area contributed by atoms with Gasteiger partial charge < -0.3 is 10.6 Å². The van der Waals surface area contributed by atoms with Crippen molar-refractivity contribution in [3.05, 3.63) is 63.4 Å². The van der Waals surface area contributed by atoms with Gasteiger partial charge in [-0.3, -0.25) is 0 Å². The summed E-state index contributed by atoms with van der Waals surface area (Å²) in [5.41, 5.74) is 2.61. The minimum absolute atomic E-state index is 0.0962. The van der Waals surface area contributed by atoms with Crippen molar-refractivity contribution in [2.75, 3.05) is 5.32 Å². The number of benzene rings is 2. The Morgan fingerprint density at radius 2 is 1.95 bits per heavy atom. The zero-order valence-corrected chi connectivity index (χ0v) is 13.5. The predicted molar refractivity (Wildman–Crippen MR) is 90.7 cm³/mol. The highest BCUT2D eigenvalue weighted by Crippen LogP contribution is 2.22. The van der Waals surface area contributed by atoms with Gasteiger partial charge in [0.15, 0.2) is 5.11 Å². The Morgan fingerprint density at radius 1 is 1.19 bits per heavy atom. The van der Waals surface area contributed by atoms with E-state index in [1.807, 2.05) is 25.1 Å². The summed E-state index contributed by atoms with van der Waals surface area (Å²) in [6.07, 6.45) is 0. The normalized spacial score (nSPS) is 10.3. The summed E-state index contributed by atoms with van der Waals surface area (Å²) in [7, 11) is 0. The van der Waals surface area contributed by atoms with Gasteiger partial charge >= 0.3 is 0 Å². The molecule has 2 N–H and O–H groups in total. The summed E-state index contributed by atoms with van der Waals surface area (Å²) in [6.45, 7) is 2.36. The fourth-order valence-electron chi connectivity index (χ4n) is 1.74. The van der Waals surface area contributed by atoms with Crippen LogP contribution in [-0.4, -0.2) is 5.11 Å². The molecule has 110 valence electrons.